The van der Waals surface area contributed by atoms with E-state index >= 15 is 0 Å². The van der Waals surface area contributed by atoms with Crippen LogP contribution in [0.3, 0.4) is 0 Å². The predicted octanol–water partition coefficient (Wildman–Crippen LogP) is 3.30. The quantitative estimate of drug-likeness (QED) is 0.642. The Hall–Kier alpha value is -3.63. The van der Waals surface area contributed by atoms with Crippen LogP contribution in [0.4, 0.5) is 23.8 Å². The van der Waals surface area contributed by atoms with Crippen LogP contribution in [0.15, 0.2) is 42.7 Å². The number of fused-ring (bicyclic) bond motifs is 1. The zero-order valence-corrected chi connectivity index (χ0v) is 17.3. The minimum Gasteiger partial charge on any atom is -0.343 e. The Bertz CT molecular complexity index is 1180. The molecule has 1 aliphatic rings. The van der Waals surface area contributed by atoms with Crippen LogP contribution < -0.4 is 15.5 Å². The third-order valence-electron chi connectivity index (χ3n) is 5.04. The molecule has 0 aliphatic carbocycles. The van der Waals surface area contributed by atoms with Crippen LogP contribution in [0.1, 0.15) is 42.2 Å². The van der Waals surface area contributed by atoms with Gasteiger partial charge in [-0.2, -0.15) is 5.10 Å². The van der Waals surface area contributed by atoms with Crippen LogP contribution in [0.2, 0.25) is 0 Å². The fraction of sp³-hybridized carbons (Fsp3) is 0.333. The van der Waals surface area contributed by atoms with Gasteiger partial charge in [0, 0.05) is 18.7 Å². The molecule has 1 saturated heterocycles. The number of nitrogens with zero attached hydrogens (tertiary/aromatic N) is 4. The van der Waals surface area contributed by atoms with E-state index in [2.05, 4.69) is 20.7 Å². The molecule has 8 nitrogen and oxygen atoms in total. The fourth-order valence-electron chi connectivity index (χ4n) is 3.72. The molecule has 1 fully saturated rings. The van der Waals surface area contributed by atoms with Gasteiger partial charge in [-0.05, 0) is 37.6 Å². The first-order valence-electron chi connectivity index (χ1n) is 9.99. The minimum atomic E-state index is -3.00. The Morgan fingerprint density at radius 2 is 2.03 bits per heavy atom. The number of nitrogens with one attached hydrogen (secondary N) is 2. The third kappa shape index (κ3) is 4.36. The molecule has 168 valence electrons. The summed E-state index contributed by atoms with van der Waals surface area (Å²) in [6, 6.07) is 5.39. The van der Waals surface area contributed by atoms with E-state index in [1.54, 1.807) is 19.9 Å². The molecule has 3 heterocycles. The van der Waals surface area contributed by atoms with Crippen LogP contribution in [0, 0.1) is 5.82 Å². The largest absolute Gasteiger partial charge is 0.343 e. The van der Waals surface area contributed by atoms with Crippen LogP contribution in [0.25, 0.3) is 5.65 Å². The maximum atomic E-state index is 14.3. The molecule has 32 heavy (non-hydrogen) atoms. The molecule has 4 rings (SSSR count). The second kappa shape index (κ2) is 8.13. The number of urea groups is 1. The summed E-state index contributed by atoms with van der Waals surface area (Å²) in [5.74, 6) is -4.06. The van der Waals surface area contributed by atoms with Gasteiger partial charge in [-0.1, -0.05) is 12.1 Å². The molecule has 0 saturated carbocycles. The molecule has 1 aromatic carbocycles. The van der Waals surface area contributed by atoms with Crippen molar-refractivity contribution in [1.82, 2.24) is 25.2 Å². The molecule has 2 aromatic heterocycles. The van der Waals surface area contributed by atoms with Gasteiger partial charge in [0.2, 0.25) is 0 Å². The second-order valence-corrected chi connectivity index (χ2v) is 7.95. The number of hydrogen-bond donors (Lipinski definition) is 2. The Labute approximate surface area is 181 Å². The summed E-state index contributed by atoms with van der Waals surface area (Å²) in [5, 5.41) is 8.77. The number of rotatable bonds is 4. The minimum absolute atomic E-state index is 0.0130. The van der Waals surface area contributed by atoms with E-state index in [1.165, 1.54) is 46.1 Å². The lowest BCUT2D eigenvalue weighted by Crippen LogP contribution is -2.42. The van der Waals surface area contributed by atoms with Crippen LogP contribution in [0.5, 0.6) is 0 Å². The number of halogens is 3. The second-order valence-electron chi connectivity index (χ2n) is 7.95. The molecule has 3 amide bonds. The molecule has 1 atom stereocenters. The number of alkyl halides is 2. The van der Waals surface area contributed by atoms with E-state index in [0.717, 1.165) is 0 Å². The molecule has 1 aliphatic heterocycles. The molecule has 0 radical (unpaired) electrons. The monoisotopic (exact) mass is 446 g/mol. The molecular formula is C21H21F3N6O2. The van der Waals surface area contributed by atoms with Crippen molar-refractivity contribution in [2.75, 3.05) is 11.4 Å². The van der Waals surface area contributed by atoms with Gasteiger partial charge < -0.3 is 10.2 Å². The van der Waals surface area contributed by atoms with E-state index in [4.69, 9.17) is 0 Å². The summed E-state index contributed by atoms with van der Waals surface area (Å²) in [7, 11) is 0. The number of carbonyl (C=O) groups excluding carboxylic acids is 2. The van der Waals surface area contributed by atoms with Gasteiger partial charge >= 0.3 is 6.03 Å². The van der Waals surface area contributed by atoms with E-state index < -0.39 is 42.7 Å². The Kier molecular flexibility index (Phi) is 5.49. The van der Waals surface area contributed by atoms with E-state index in [1.807, 2.05) is 0 Å². The lowest BCUT2D eigenvalue weighted by molar-refractivity contribution is 0.0222. The molecule has 3 aromatic rings. The summed E-state index contributed by atoms with van der Waals surface area (Å²) in [5.41, 5.74) is 0.519. The van der Waals surface area contributed by atoms with Gasteiger partial charge in [-0.15, -0.1) is 0 Å². The Morgan fingerprint density at radius 1 is 1.25 bits per heavy atom. The van der Waals surface area contributed by atoms with Gasteiger partial charge in [0.15, 0.2) is 5.65 Å². The van der Waals surface area contributed by atoms with Crippen molar-refractivity contribution in [3.05, 3.63) is 59.7 Å². The molecule has 0 unspecified atom stereocenters. The van der Waals surface area contributed by atoms with Crippen molar-refractivity contribution in [3.8, 4) is 0 Å². The molecule has 2 N–H and O–H groups in total. The van der Waals surface area contributed by atoms with Crippen molar-refractivity contribution in [3.63, 3.8) is 0 Å². The molecule has 11 heteroatoms. The van der Waals surface area contributed by atoms with Crippen molar-refractivity contribution >= 4 is 23.4 Å². The zero-order valence-electron chi connectivity index (χ0n) is 17.3. The number of carbonyl (C=O) groups is 2. The standard InChI is InChI=1S/C21H21F3N6O2/c1-12(2)26-20(32)28-19(31)15-10-25-30-7-6-17(27-18(15)30)29-11-21(23,24)9-16(29)13-4-3-5-14(22)8-13/h3-8,10,12,16H,9,11H2,1-2H3,(H2,26,28,31,32)/t16-/m1/s1. The zero-order chi connectivity index (χ0) is 23.0. The number of anilines is 1. The number of imide groups is 1. The van der Waals surface area contributed by atoms with Gasteiger partial charge in [0.25, 0.3) is 11.8 Å². The van der Waals surface area contributed by atoms with Crippen molar-refractivity contribution in [1.29, 1.82) is 0 Å². The predicted molar refractivity (Wildman–Crippen MR) is 110 cm³/mol. The maximum Gasteiger partial charge on any atom is 0.321 e. The fourth-order valence-corrected chi connectivity index (χ4v) is 3.72. The normalized spacial score (nSPS) is 17.7. The first kappa shape index (κ1) is 21.6. The first-order chi connectivity index (χ1) is 15.1. The van der Waals surface area contributed by atoms with Gasteiger partial charge in [-0.3, -0.25) is 10.1 Å². The van der Waals surface area contributed by atoms with Crippen LogP contribution in [-0.2, 0) is 0 Å². The van der Waals surface area contributed by atoms with Gasteiger partial charge in [-0.25, -0.2) is 27.5 Å². The average Bonchev–Trinajstić information content (AvgIpc) is 3.27. The highest BCUT2D eigenvalue weighted by Gasteiger charge is 2.46. The van der Waals surface area contributed by atoms with Crippen LogP contribution >= 0.6 is 0 Å². The first-order valence-corrected chi connectivity index (χ1v) is 9.99. The Morgan fingerprint density at radius 3 is 2.75 bits per heavy atom. The summed E-state index contributed by atoms with van der Waals surface area (Å²) >= 11 is 0. The molecular weight excluding hydrogens is 425 g/mol. The molecule has 0 spiro atoms. The van der Waals surface area contributed by atoms with Gasteiger partial charge in [0.1, 0.15) is 17.2 Å². The van der Waals surface area contributed by atoms with Crippen molar-refractivity contribution in [2.45, 2.75) is 38.3 Å². The molecule has 0 bridgehead atoms. The number of benzene rings is 1. The van der Waals surface area contributed by atoms with Crippen molar-refractivity contribution in [2.24, 2.45) is 0 Å². The maximum absolute atomic E-state index is 14.3. The highest BCUT2D eigenvalue weighted by atomic mass is 19.3. The third-order valence-corrected chi connectivity index (χ3v) is 5.04. The summed E-state index contributed by atoms with van der Waals surface area (Å²) in [6.07, 6.45) is 2.24. The smallest absolute Gasteiger partial charge is 0.321 e. The summed E-state index contributed by atoms with van der Waals surface area (Å²) in [6.45, 7) is 2.88. The van der Waals surface area contributed by atoms with Crippen LogP contribution in [-0.4, -0.2) is 45.0 Å². The Balaban J connectivity index is 1.67. The number of hydrogen-bond acceptors (Lipinski definition) is 5. The number of aromatic nitrogens is 3. The number of amides is 3. The van der Waals surface area contributed by atoms with E-state index in [-0.39, 0.29) is 23.1 Å². The highest BCUT2D eigenvalue weighted by Crippen LogP contribution is 2.43. The summed E-state index contributed by atoms with van der Waals surface area (Å²) < 4.78 is 43.7. The lowest BCUT2D eigenvalue weighted by atomic mass is 10.0. The van der Waals surface area contributed by atoms with Gasteiger partial charge in [0.05, 0.1) is 18.8 Å². The van der Waals surface area contributed by atoms with E-state index in [0.29, 0.717) is 5.56 Å². The summed E-state index contributed by atoms with van der Waals surface area (Å²) in [4.78, 5) is 30.1. The van der Waals surface area contributed by atoms with Crippen molar-refractivity contribution < 1.29 is 22.8 Å². The topological polar surface area (TPSA) is 91.6 Å². The van der Waals surface area contributed by atoms with E-state index in [9.17, 15) is 22.8 Å². The SMILES string of the molecule is CC(C)NC(=O)NC(=O)c1cnn2ccc(N3CC(F)(F)C[C@@H]3c3cccc(F)c3)nc12. The highest BCUT2D eigenvalue weighted by molar-refractivity contribution is 6.07. The lowest BCUT2D eigenvalue weighted by Gasteiger charge is -2.25. The average molecular weight is 446 g/mol.